The maximum absolute atomic E-state index is 11.9. The molecule has 1 aliphatic rings. The molecule has 3 nitrogen and oxygen atoms in total. The Hall–Kier alpha value is -1.16. The van der Waals surface area contributed by atoms with Gasteiger partial charge in [-0.15, -0.1) is 0 Å². The molecule has 0 N–H and O–H groups in total. The number of urea groups is 1. The van der Waals surface area contributed by atoms with Gasteiger partial charge < -0.3 is 9.80 Å². The fourth-order valence-corrected chi connectivity index (χ4v) is 2.15. The van der Waals surface area contributed by atoms with Crippen LogP contribution in [-0.4, -0.2) is 41.2 Å². The number of thiol groups is 1. The molecule has 0 saturated carbocycles. The van der Waals surface area contributed by atoms with Crippen molar-refractivity contribution in [1.29, 1.82) is 0 Å². The maximum atomic E-state index is 11.9. The van der Waals surface area contributed by atoms with Gasteiger partial charge in [0.1, 0.15) is 0 Å². The van der Waals surface area contributed by atoms with Crippen molar-refractivity contribution >= 4 is 18.7 Å². The van der Waals surface area contributed by atoms with Crippen LogP contribution in [0, 0.1) is 0 Å². The number of hydrogen-bond acceptors (Lipinski definition) is 2. The van der Waals surface area contributed by atoms with E-state index in [2.05, 4.69) is 24.8 Å². The van der Waals surface area contributed by atoms with Crippen molar-refractivity contribution in [2.75, 3.05) is 25.4 Å². The second-order valence-electron chi connectivity index (χ2n) is 3.90. The predicted octanol–water partition coefficient (Wildman–Crippen LogP) is 1.85. The third kappa shape index (κ3) is 2.50. The Morgan fingerprint density at radius 1 is 1.12 bits per heavy atom. The lowest BCUT2D eigenvalue weighted by atomic mass is 10.2. The van der Waals surface area contributed by atoms with Crippen LogP contribution in [-0.2, 0) is 6.54 Å². The van der Waals surface area contributed by atoms with Gasteiger partial charge >= 0.3 is 6.03 Å². The van der Waals surface area contributed by atoms with Crippen LogP contribution in [0.1, 0.15) is 5.56 Å². The third-order valence-corrected chi connectivity index (χ3v) is 2.97. The number of carbonyl (C=O) groups excluding carboxylic acids is 1. The zero-order valence-corrected chi connectivity index (χ0v) is 10.1. The lowest BCUT2D eigenvalue weighted by Gasteiger charge is -2.17. The fraction of sp³-hybridized carbons (Fsp3) is 0.417. The predicted molar refractivity (Wildman–Crippen MR) is 67.7 cm³/mol. The normalized spacial score (nSPS) is 15.9. The Morgan fingerprint density at radius 2 is 1.81 bits per heavy atom. The maximum Gasteiger partial charge on any atom is 0.320 e. The summed E-state index contributed by atoms with van der Waals surface area (Å²) in [4.78, 5) is 15.7. The molecule has 2 rings (SSSR count). The van der Waals surface area contributed by atoms with Crippen LogP contribution >= 0.6 is 12.6 Å². The number of amides is 2. The van der Waals surface area contributed by atoms with E-state index in [1.165, 1.54) is 5.56 Å². The second kappa shape index (κ2) is 5.25. The van der Waals surface area contributed by atoms with Gasteiger partial charge in [-0.25, -0.2) is 4.79 Å². The number of hydrogen-bond donors (Lipinski definition) is 1. The first kappa shape index (κ1) is 11.3. The second-order valence-corrected chi connectivity index (χ2v) is 4.35. The quantitative estimate of drug-likeness (QED) is 0.792. The minimum absolute atomic E-state index is 0.137. The Bertz CT molecular complexity index is 355. The molecule has 0 unspecified atom stereocenters. The first-order chi connectivity index (χ1) is 7.81. The molecule has 16 heavy (non-hydrogen) atoms. The molecule has 1 aromatic carbocycles. The molecular formula is C12H16N2OS. The molecule has 0 radical (unpaired) electrons. The van der Waals surface area contributed by atoms with Gasteiger partial charge in [-0.05, 0) is 5.56 Å². The van der Waals surface area contributed by atoms with Crippen molar-refractivity contribution in [3.63, 3.8) is 0 Å². The number of nitrogens with zero attached hydrogens (tertiary/aromatic N) is 2. The van der Waals surface area contributed by atoms with Gasteiger partial charge in [0.05, 0.1) is 0 Å². The van der Waals surface area contributed by atoms with Gasteiger partial charge in [0, 0.05) is 31.9 Å². The van der Waals surface area contributed by atoms with Gasteiger partial charge in [0.15, 0.2) is 0 Å². The Morgan fingerprint density at radius 3 is 2.50 bits per heavy atom. The van der Waals surface area contributed by atoms with Crippen molar-refractivity contribution in [2.24, 2.45) is 0 Å². The van der Waals surface area contributed by atoms with E-state index in [9.17, 15) is 4.79 Å². The summed E-state index contributed by atoms with van der Waals surface area (Å²) in [5.41, 5.74) is 1.18. The van der Waals surface area contributed by atoms with Crippen molar-refractivity contribution in [2.45, 2.75) is 6.54 Å². The summed E-state index contributed by atoms with van der Waals surface area (Å²) in [6.07, 6.45) is 0. The highest BCUT2D eigenvalue weighted by Gasteiger charge is 2.27. The van der Waals surface area contributed by atoms with Gasteiger partial charge in [0.25, 0.3) is 0 Å². The minimum atomic E-state index is 0.137. The van der Waals surface area contributed by atoms with Crippen LogP contribution in [0.3, 0.4) is 0 Å². The highest BCUT2D eigenvalue weighted by atomic mass is 32.1. The molecule has 4 heteroatoms. The molecular weight excluding hydrogens is 220 g/mol. The molecule has 1 saturated heterocycles. The van der Waals surface area contributed by atoms with E-state index in [0.717, 1.165) is 25.4 Å². The molecule has 1 fully saturated rings. The smallest absolute Gasteiger partial charge is 0.320 e. The summed E-state index contributed by atoms with van der Waals surface area (Å²) in [6.45, 7) is 3.10. The molecule has 86 valence electrons. The van der Waals surface area contributed by atoms with E-state index in [-0.39, 0.29) is 6.03 Å². The summed E-state index contributed by atoms with van der Waals surface area (Å²) in [7, 11) is 0. The van der Waals surface area contributed by atoms with Crippen LogP contribution in [0.4, 0.5) is 4.79 Å². The zero-order valence-electron chi connectivity index (χ0n) is 9.17. The summed E-state index contributed by atoms with van der Waals surface area (Å²) < 4.78 is 0. The first-order valence-corrected chi connectivity index (χ1v) is 6.13. The average Bonchev–Trinajstić information content (AvgIpc) is 2.64. The molecule has 0 atom stereocenters. The van der Waals surface area contributed by atoms with Crippen molar-refractivity contribution in [3.05, 3.63) is 35.9 Å². The van der Waals surface area contributed by atoms with Crippen LogP contribution in [0.2, 0.25) is 0 Å². The molecule has 0 spiro atoms. The summed E-state index contributed by atoms with van der Waals surface area (Å²) in [6, 6.07) is 10.2. The standard InChI is InChI=1S/C12H16N2OS/c15-12-13(8-9-16)6-7-14(12)10-11-4-2-1-3-5-11/h1-5,16H,6-10H2. The average molecular weight is 236 g/mol. The molecule has 2 amide bonds. The number of rotatable bonds is 4. The lowest BCUT2D eigenvalue weighted by molar-refractivity contribution is 0.192. The van der Waals surface area contributed by atoms with Crippen LogP contribution in [0.25, 0.3) is 0 Å². The van der Waals surface area contributed by atoms with E-state index < -0.39 is 0 Å². The minimum Gasteiger partial charge on any atom is -0.322 e. The van der Waals surface area contributed by atoms with Gasteiger partial charge in [0.2, 0.25) is 0 Å². The highest BCUT2D eigenvalue weighted by molar-refractivity contribution is 7.80. The Kier molecular flexibility index (Phi) is 3.72. The zero-order chi connectivity index (χ0) is 11.4. The fourth-order valence-electron chi connectivity index (χ4n) is 1.91. The summed E-state index contributed by atoms with van der Waals surface area (Å²) in [5.74, 6) is 0.727. The molecule has 0 bridgehead atoms. The van der Waals surface area contributed by atoms with Crippen LogP contribution < -0.4 is 0 Å². The Labute approximate surface area is 101 Å². The Balaban J connectivity index is 1.95. The molecule has 1 aromatic rings. The molecule has 1 aliphatic heterocycles. The van der Waals surface area contributed by atoms with Crippen LogP contribution in [0.15, 0.2) is 30.3 Å². The van der Waals surface area contributed by atoms with E-state index in [1.807, 2.05) is 28.0 Å². The lowest BCUT2D eigenvalue weighted by Crippen LogP contribution is -2.32. The summed E-state index contributed by atoms with van der Waals surface area (Å²) >= 11 is 4.15. The van der Waals surface area contributed by atoms with Gasteiger partial charge in [-0.3, -0.25) is 0 Å². The topological polar surface area (TPSA) is 23.6 Å². The summed E-state index contributed by atoms with van der Waals surface area (Å²) in [5, 5.41) is 0. The number of carbonyl (C=O) groups is 1. The van der Waals surface area contributed by atoms with E-state index in [0.29, 0.717) is 6.54 Å². The largest absolute Gasteiger partial charge is 0.322 e. The number of benzene rings is 1. The van der Waals surface area contributed by atoms with Crippen LogP contribution in [0.5, 0.6) is 0 Å². The van der Waals surface area contributed by atoms with Gasteiger partial charge in [-0.2, -0.15) is 12.6 Å². The van der Waals surface area contributed by atoms with Crippen molar-refractivity contribution < 1.29 is 4.79 Å². The molecule has 1 heterocycles. The van der Waals surface area contributed by atoms with E-state index in [4.69, 9.17) is 0 Å². The molecule has 0 aromatic heterocycles. The van der Waals surface area contributed by atoms with Crippen molar-refractivity contribution in [3.8, 4) is 0 Å². The third-order valence-electron chi connectivity index (χ3n) is 2.77. The monoisotopic (exact) mass is 236 g/mol. The SMILES string of the molecule is O=C1N(CCS)CCN1Cc1ccccc1. The van der Waals surface area contributed by atoms with E-state index >= 15 is 0 Å². The van der Waals surface area contributed by atoms with E-state index in [1.54, 1.807) is 0 Å². The van der Waals surface area contributed by atoms with Crippen molar-refractivity contribution in [1.82, 2.24) is 9.80 Å². The highest BCUT2D eigenvalue weighted by Crippen LogP contribution is 2.12. The molecule has 0 aliphatic carbocycles. The first-order valence-electron chi connectivity index (χ1n) is 5.50. The van der Waals surface area contributed by atoms with Gasteiger partial charge in [-0.1, -0.05) is 30.3 Å².